The molecule has 4 heterocycles. The van der Waals surface area contributed by atoms with Crippen LogP contribution in [0.3, 0.4) is 0 Å². The number of rotatable bonds is 3. The molecule has 1 unspecified atom stereocenters. The number of likely N-dealkylation sites (tertiary alicyclic amines) is 1. The molecular formula is C19H24N4OS. The Kier molecular flexibility index (Phi) is 4.25. The van der Waals surface area contributed by atoms with Gasteiger partial charge in [0.25, 0.3) is 0 Å². The fourth-order valence-electron chi connectivity index (χ4n) is 3.70. The van der Waals surface area contributed by atoms with E-state index in [9.17, 15) is 0 Å². The Morgan fingerprint density at radius 2 is 2.00 bits per heavy atom. The molecule has 6 heteroatoms. The fraction of sp³-hybridized carbons (Fsp3) is 0.474. The number of hydrogen-bond acceptors (Lipinski definition) is 6. The van der Waals surface area contributed by atoms with E-state index >= 15 is 0 Å². The van der Waals surface area contributed by atoms with Gasteiger partial charge in [-0.15, -0.1) is 11.3 Å². The molecule has 1 saturated heterocycles. The Bertz CT molecular complexity index is 890. The van der Waals surface area contributed by atoms with Crippen LogP contribution in [-0.2, 0) is 6.54 Å². The summed E-state index contributed by atoms with van der Waals surface area (Å²) in [6.07, 6.45) is 3.88. The number of thiophene rings is 1. The highest BCUT2D eigenvalue weighted by Gasteiger charge is 2.25. The maximum Gasteiger partial charge on any atom is 0.199 e. The van der Waals surface area contributed by atoms with E-state index in [0.717, 1.165) is 22.5 Å². The summed E-state index contributed by atoms with van der Waals surface area (Å²) in [5.74, 6) is 2.60. The van der Waals surface area contributed by atoms with E-state index in [1.54, 1.807) is 11.3 Å². The van der Waals surface area contributed by atoms with Crippen LogP contribution in [0.25, 0.3) is 21.8 Å². The number of aromatic nitrogens is 2. The standard InChI is InChI=1S/C19H24N4OS/c1-11-5-4-6-12(2)23(11)10-14-9-15-17(20)21-18(22-19(15)25-14)16-8-7-13(3)24-16/h7-9,11-12H,4-6,10H2,1-3H3,(H2,20,21,22)/t11-,12?/m1/s1. The molecule has 25 heavy (non-hydrogen) atoms. The predicted molar refractivity (Wildman–Crippen MR) is 103 cm³/mol. The van der Waals surface area contributed by atoms with E-state index in [0.29, 0.717) is 29.5 Å². The third-order valence-electron chi connectivity index (χ3n) is 5.15. The SMILES string of the molecule is Cc1ccc(-c2nc(N)c3cc(CN4C(C)CCC[C@H]4C)sc3n2)o1. The second-order valence-electron chi connectivity index (χ2n) is 7.08. The zero-order valence-corrected chi connectivity index (χ0v) is 15.8. The molecule has 2 atom stereocenters. The molecule has 3 aromatic heterocycles. The zero-order chi connectivity index (χ0) is 17.6. The molecule has 1 fully saturated rings. The molecule has 1 aliphatic heterocycles. The molecule has 3 aromatic rings. The first-order chi connectivity index (χ1) is 12.0. The van der Waals surface area contributed by atoms with Crippen molar-refractivity contribution < 1.29 is 4.42 Å². The monoisotopic (exact) mass is 356 g/mol. The first-order valence-corrected chi connectivity index (χ1v) is 9.71. The van der Waals surface area contributed by atoms with Gasteiger partial charge in [0.05, 0.1) is 5.39 Å². The summed E-state index contributed by atoms with van der Waals surface area (Å²) >= 11 is 1.71. The number of nitrogens with two attached hydrogens (primary N) is 1. The minimum atomic E-state index is 0.524. The fourth-order valence-corrected chi connectivity index (χ4v) is 4.75. The molecule has 132 valence electrons. The third-order valence-corrected chi connectivity index (χ3v) is 6.16. The van der Waals surface area contributed by atoms with Gasteiger partial charge in [0, 0.05) is 23.5 Å². The van der Waals surface area contributed by atoms with E-state index in [2.05, 4.69) is 34.8 Å². The van der Waals surface area contributed by atoms with Crippen LogP contribution in [0.4, 0.5) is 5.82 Å². The molecule has 1 aliphatic rings. The maximum atomic E-state index is 6.20. The Morgan fingerprint density at radius 1 is 1.24 bits per heavy atom. The molecular weight excluding hydrogens is 332 g/mol. The predicted octanol–water partition coefficient (Wildman–Crippen LogP) is 4.60. The smallest absolute Gasteiger partial charge is 0.199 e. The van der Waals surface area contributed by atoms with Crippen LogP contribution in [0.5, 0.6) is 0 Å². The van der Waals surface area contributed by atoms with E-state index in [1.165, 1.54) is 24.1 Å². The van der Waals surface area contributed by atoms with Gasteiger partial charge < -0.3 is 10.2 Å². The Morgan fingerprint density at radius 3 is 2.68 bits per heavy atom. The summed E-state index contributed by atoms with van der Waals surface area (Å²) in [5, 5.41) is 0.948. The molecule has 0 spiro atoms. The van der Waals surface area contributed by atoms with Crippen LogP contribution < -0.4 is 5.73 Å². The van der Waals surface area contributed by atoms with Crippen molar-refractivity contribution in [2.45, 2.75) is 58.7 Å². The Labute approximate surface area is 151 Å². The van der Waals surface area contributed by atoms with Crippen molar-refractivity contribution in [1.29, 1.82) is 0 Å². The quantitative estimate of drug-likeness (QED) is 0.742. The summed E-state index contributed by atoms with van der Waals surface area (Å²) in [5.41, 5.74) is 6.20. The van der Waals surface area contributed by atoms with Crippen molar-refractivity contribution in [1.82, 2.24) is 14.9 Å². The molecule has 4 rings (SSSR count). The summed E-state index contributed by atoms with van der Waals surface area (Å²) in [6.45, 7) is 7.52. The topological polar surface area (TPSA) is 68.2 Å². The number of hydrogen-bond donors (Lipinski definition) is 1. The average Bonchev–Trinajstić information content (AvgIpc) is 3.17. The summed E-state index contributed by atoms with van der Waals surface area (Å²) < 4.78 is 5.65. The van der Waals surface area contributed by atoms with Crippen molar-refractivity contribution in [2.24, 2.45) is 0 Å². The highest BCUT2D eigenvalue weighted by atomic mass is 32.1. The first-order valence-electron chi connectivity index (χ1n) is 8.90. The van der Waals surface area contributed by atoms with Gasteiger partial charge in [-0.1, -0.05) is 6.42 Å². The number of anilines is 1. The minimum absolute atomic E-state index is 0.524. The number of fused-ring (bicyclic) bond motifs is 1. The Balaban J connectivity index is 1.67. The van der Waals surface area contributed by atoms with Crippen LogP contribution >= 0.6 is 11.3 Å². The van der Waals surface area contributed by atoms with Crippen molar-refractivity contribution in [2.75, 3.05) is 5.73 Å². The lowest BCUT2D eigenvalue weighted by atomic mass is 9.97. The van der Waals surface area contributed by atoms with Crippen LogP contribution in [0.1, 0.15) is 43.7 Å². The van der Waals surface area contributed by atoms with Crippen molar-refractivity contribution in [3.05, 3.63) is 28.8 Å². The van der Waals surface area contributed by atoms with Gasteiger partial charge in [-0.05, 0) is 51.8 Å². The third kappa shape index (κ3) is 3.16. The molecule has 5 nitrogen and oxygen atoms in total. The van der Waals surface area contributed by atoms with Gasteiger partial charge in [-0.25, -0.2) is 9.97 Å². The Hall–Kier alpha value is -1.92. The van der Waals surface area contributed by atoms with E-state index in [4.69, 9.17) is 10.2 Å². The van der Waals surface area contributed by atoms with E-state index in [1.807, 2.05) is 19.1 Å². The summed E-state index contributed by atoms with van der Waals surface area (Å²) in [7, 11) is 0. The van der Waals surface area contributed by atoms with Crippen LogP contribution in [0.2, 0.25) is 0 Å². The molecule has 2 N–H and O–H groups in total. The van der Waals surface area contributed by atoms with Gasteiger partial charge in [0.2, 0.25) is 0 Å². The highest BCUT2D eigenvalue weighted by molar-refractivity contribution is 7.18. The largest absolute Gasteiger partial charge is 0.458 e. The van der Waals surface area contributed by atoms with Crippen LogP contribution in [0.15, 0.2) is 22.6 Å². The van der Waals surface area contributed by atoms with Gasteiger partial charge in [0.15, 0.2) is 11.6 Å². The highest BCUT2D eigenvalue weighted by Crippen LogP contribution is 2.33. The average molecular weight is 356 g/mol. The molecule has 0 aliphatic carbocycles. The van der Waals surface area contributed by atoms with Gasteiger partial charge in [-0.2, -0.15) is 0 Å². The van der Waals surface area contributed by atoms with Crippen molar-refractivity contribution in [3.8, 4) is 11.6 Å². The van der Waals surface area contributed by atoms with E-state index < -0.39 is 0 Å². The first kappa shape index (κ1) is 16.5. The van der Waals surface area contributed by atoms with Crippen LogP contribution in [-0.4, -0.2) is 27.0 Å². The number of piperidine rings is 1. The lowest BCUT2D eigenvalue weighted by Crippen LogP contribution is -2.42. The molecule has 0 bridgehead atoms. The maximum absolute atomic E-state index is 6.20. The number of nitrogens with zero attached hydrogens (tertiary/aromatic N) is 3. The number of aryl methyl sites for hydroxylation is 1. The number of furan rings is 1. The zero-order valence-electron chi connectivity index (χ0n) is 15.0. The minimum Gasteiger partial charge on any atom is -0.458 e. The normalized spacial score (nSPS) is 21.9. The van der Waals surface area contributed by atoms with Crippen molar-refractivity contribution in [3.63, 3.8) is 0 Å². The molecule has 0 saturated carbocycles. The lowest BCUT2D eigenvalue weighted by molar-refractivity contribution is 0.0965. The lowest BCUT2D eigenvalue weighted by Gasteiger charge is -2.38. The van der Waals surface area contributed by atoms with Gasteiger partial charge in [0.1, 0.15) is 16.4 Å². The summed E-state index contributed by atoms with van der Waals surface area (Å²) in [4.78, 5) is 13.9. The number of nitrogen functional groups attached to an aromatic ring is 1. The van der Waals surface area contributed by atoms with Crippen molar-refractivity contribution >= 4 is 27.4 Å². The second-order valence-corrected chi connectivity index (χ2v) is 8.19. The van der Waals surface area contributed by atoms with E-state index in [-0.39, 0.29) is 0 Å². The van der Waals surface area contributed by atoms with Gasteiger partial charge in [-0.3, -0.25) is 4.90 Å². The van der Waals surface area contributed by atoms with Crippen LogP contribution in [0, 0.1) is 6.92 Å². The van der Waals surface area contributed by atoms with Gasteiger partial charge >= 0.3 is 0 Å². The molecule has 0 radical (unpaired) electrons. The summed E-state index contributed by atoms with van der Waals surface area (Å²) in [6, 6.07) is 7.21. The molecule has 0 aromatic carbocycles. The second kappa shape index (κ2) is 6.42. The molecule has 0 amide bonds.